The molecule has 19 heavy (non-hydrogen) atoms. The van der Waals surface area contributed by atoms with Crippen molar-refractivity contribution in [2.75, 3.05) is 0 Å². The standard InChI is InChI=1S/C18H20O/c1-4-16-11-15(12-17(5-2)18(16)19)10-14-8-6-13(3)7-9-14/h6-12H,4-5H2,1-3H3. The summed E-state index contributed by atoms with van der Waals surface area (Å²) in [6.45, 7) is 6.15. The third-order valence-corrected chi connectivity index (χ3v) is 3.44. The Labute approximate surface area is 115 Å². The first-order valence-corrected chi connectivity index (χ1v) is 6.88. The van der Waals surface area contributed by atoms with Crippen LogP contribution in [-0.4, -0.2) is 5.78 Å². The van der Waals surface area contributed by atoms with Crippen LogP contribution in [0.15, 0.2) is 53.1 Å². The lowest BCUT2D eigenvalue weighted by atomic mass is 9.90. The molecule has 0 radical (unpaired) electrons. The first-order chi connectivity index (χ1) is 9.13. The smallest absolute Gasteiger partial charge is 0.185 e. The minimum Gasteiger partial charge on any atom is -0.289 e. The summed E-state index contributed by atoms with van der Waals surface area (Å²) in [5.41, 5.74) is 5.39. The van der Waals surface area contributed by atoms with Crippen LogP contribution >= 0.6 is 0 Å². The lowest BCUT2D eigenvalue weighted by Crippen LogP contribution is -2.09. The average Bonchev–Trinajstić information content (AvgIpc) is 2.43. The van der Waals surface area contributed by atoms with Gasteiger partial charge in [0.2, 0.25) is 0 Å². The number of carbonyl (C=O) groups excluding carboxylic acids is 1. The molecular weight excluding hydrogens is 232 g/mol. The number of aryl methyl sites for hydroxylation is 1. The number of Topliss-reactive ketones (excluding diaryl/α,β-unsaturated/α-hetero) is 1. The highest BCUT2D eigenvalue weighted by Gasteiger charge is 2.16. The maximum Gasteiger partial charge on any atom is 0.185 e. The SMILES string of the molecule is CCC1=CC(=Cc2ccc(C)cc2)C=C(CC)C1=O. The molecule has 98 valence electrons. The van der Waals surface area contributed by atoms with Crippen LogP contribution in [0.2, 0.25) is 0 Å². The van der Waals surface area contributed by atoms with E-state index in [0.717, 1.165) is 29.6 Å². The average molecular weight is 252 g/mol. The number of hydrogen-bond donors (Lipinski definition) is 0. The minimum absolute atomic E-state index is 0.214. The molecule has 0 N–H and O–H groups in total. The molecule has 0 spiro atoms. The lowest BCUT2D eigenvalue weighted by Gasteiger charge is -2.13. The summed E-state index contributed by atoms with van der Waals surface area (Å²) in [5.74, 6) is 0.214. The van der Waals surface area contributed by atoms with Crippen LogP contribution in [0.1, 0.15) is 37.8 Å². The Morgan fingerprint density at radius 2 is 1.47 bits per heavy atom. The van der Waals surface area contributed by atoms with Crippen LogP contribution in [0.4, 0.5) is 0 Å². The van der Waals surface area contributed by atoms with Gasteiger partial charge in [0.05, 0.1) is 0 Å². The van der Waals surface area contributed by atoms with Gasteiger partial charge < -0.3 is 0 Å². The van der Waals surface area contributed by atoms with Crippen LogP contribution in [0.3, 0.4) is 0 Å². The van der Waals surface area contributed by atoms with E-state index in [1.807, 2.05) is 26.0 Å². The third kappa shape index (κ3) is 3.11. The molecule has 1 aliphatic rings. The molecule has 1 nitrogen and oxygen atoms in total. The number of hydrogen-bond acceptors (Lipinski definition) is 1. The molecular formula is C18H20O. The fraction of sp³-hybridized carbons (Fsp3) is 0.278. The number of rotatable bonds is 3. The van der Waals surface area contributed by atoms with E-state index >= 15 is 0 Å². The van der Waals surface area contributed by atoms with Gasteiger partial charge in [-0.2, -0.15) is 0 Å². The highest BCUT2D eigenvalue weighted by Crippen LogP contribution is 2.24. The topological polar surface area (TPSA) is 17.1 Å². The summed E-state index contributed by atoms with van der Waals surface area (Å²) in [6.07, 6.45) is 7.75. The van der Waals surface area contributed by atoms with Gasteiger partial charge in [0.25, 0.3) is 0 Å². The second-order valence-corrected chi connectivity index (χ2v) is 4.93. The molecule has 0 saturated heterocycles. The van der Waals surface area contributed by atoms with Crippen molar-refractivity contribution in [3.05, 3.63) is 64.3 Å². The first kappa shape index (κ1) is 13.5. The molecule has 0 saturated carbocycles. The summed E-state index contributed by atoms with van der Waals surface area (Å²) in [5, 5.41) is 0. The van der Waals surface area contributed by atoms with Gasteiger partial charge in [0.15, 0.2) is 5.78 Å². The summed E-state index contributed by atoms with van der Waals surface area (Å²) >= 11 is 0. The molecule has 0 atom stereocenters. The van der Waals surface area contributed by atoms with Crippen molar-refractivity contribution >= 4 is 11.9 Å². The van der Waals surface area contributed by atoms with Gasteiger partial charge >= 0.3 is 0 Å². The van der Waals surface area contributed by atoms with Gasteiger partial charge in [-0.1, -0.05) is 43.7 Å². The molecule has 0 unspecified atom stereocenters. The Hall–Kier alpha value is -1.89. The van der Waals surface area contributed by atoms with Gasteiger partial charge in [-0.15, -0.1) is 0 Å². The van der Waals surface area contributed by atoms with Gasteiger partial charge in [0.1, 0.15) is 0 Å². The van der Waals surface area contributed by atoms with Crippen molar-refractivity contribution in [1.82, 2.24) is 0 Å². The molecule has 1 aromatic carbocycles. The van der Waals surface area contributed by atoms with Crippen LogP contribution in [-0.2, 0) is 4.79 Å². The van der Waals surface area contributed by atoms with Gasteiger partial charge in [-0.05, 0) is 49.1 Å². The van der Waals surface area contributed by atoms with Crippen molar-refractivity contribution in [1.29, 1.82) is 0 Å². The number of allylic oxidation sites excluding steroid dienone is 5. The zero-order chi connectivity index (χ0) is 13.8. The van der Waals surface area contributed by atoms with E-state index in [4.69, 9.17) is 0 Å². The molecule has 0 aromatic heterocycles. The van der Waals surface area contributed by atoms with Crippen LogP contribution in [0, 0.1) is 6.92 Å². The Bertz CT molecular complexity index is 542. The van der Waals surface area contributed by atoms with Crippen molar-refractivity contribution in [2.24, 2.45) is 0 Å². The van der Waals surface area contributed by atoms with Crippen LogP contribution in [0.25, 0.3) is 6.08 Å². The molecule has 0 bridgehead atoms. The third-order valence-electron chi connectivity index (χ3n) is 3.44. The van der Waals surface area contributed by atoms with Gasteiger partial charge in [0, 0.05) is 11.1 Å². The number of benzene rings is 1. The minimum atomic E-state index is 0.214. The Balaban J connectivity index is 2.38. The Morgan fingerprint density at radius 1 is 0.947 bits per heavy atom. The normalized spacial score (nSPS) is 15.1. The second-order valence-electron chi connectivity index (χ2n) is 4.93. The van der Waals surface area contributed by atoms with E-state index in [2.05, 4.69) is 37.3 Å². The molecule has 0 aliphatic heterocycles. The van der Waals surface area contributed by atoms with Crippen molar-refractivity contribution in [3.8, 4) is 0 Å². The van der Waals surface area contributed by atoms with Crippen molar-refractivity contribution in [2.45, 2.75) is 33.6 Å². The molecule has 2 rings (SSSR count). The molecule has 0 heterocycles. The summed E-state index contributed by atoms with van der Waals surface area (Å²) in [4.78, 5) is 12.1. The predicted octanol–water partition coefficient (Wildman–Crippen LogP) is 4.63. The van der Waals surface area contributed by atoms with Gasteiger partial charge in [-0.25, -0.2) is 0 Å². The van der Waals surface area contributed by atoms with Gasteiger partial charge in [-0.3, -0.25) is 4.79 Å². The van der Waals surface area contributed by atoms with Crippen molar-refractivity contribution in [3.63, 3.8) is 0 Å². The van der Waals surface area contributed by atoms with Crippen LogP contribution < -0.4 is 0 Å². The molecule has 0 amide bonds. The molecule has 1 aromatic rings. The van der Waals surface area contributed by atoms with E-state index in [-0.39, 0.29) is 5.78 Å². The lowest BCUT2D eigenvalue weighted by molar-refractivity contribution is -0.112. The van der Waals surface area contributed by atoms with E-state index in [1.165, 1.54) is 11.1 Å². The quantitative estimate of drug-likeness (QED) is 0.766. The van der Waals surface area contributed by atoms with E-state index in [1.54, 1.807) is 0 Å². The zero-order valence-electron chi connectivity index (χ0n) is 11.9. The highest BCUT2D eigenvalue weighted by atomic mass is 16.1. The Morgan fingerprint density at radius 3 is 1.95 bits per heavy atom. The largest absolute Gasteiger partial charge is 0.289 e. The maximum atomic E-state index is 12.1. The fourth-order valence-electron chi connectivity index (χ4n) is 2.25. The molecule has 1 heteroatoms. The van der Waals surface area contributed by atoms with E-state index in [0.29, 0.717) is 0 Å². The number of ketones is 1. The number of carbonyl (C=O) groups is 1. The molecule has 0 fully saturated rings. The summed E-state index contributed by atoms with van der Waals surface area (Å²) in [7, 11) is 0. The van der Waals surface area contributed by atoms with E-state index < -0.39 is 0 Å². The summed E-state index contributed by atoms with van der Waals surface area (Å²) in [6, 6.07) is 8.43. The first-order valence-electron chi connectivity index (χ1n) is 6.88. The molecule has 1 aliphatic carbocycles. The van der Waals surface area contributed by atoms with E-state index in [9.17, 15) is 4.79 Å². The highest BCUT2D eigenvalue weighted by molar-refractivity contribution is 6.10. The van der Waals surface area contributed by atoms with Crippen LogP contribution in [0.5, 0.6) is 0 Å². The Kier molecular flexibility index (Phi) is 4.16. The van der Waals surface area contributed by atoms with Crippen molar-refractivity contribution < 1.29 is 4.79 Å². The predicted molar refractivity (Wildman–Crippen MR) is 80.9 cm³/mol. The fourth-order valence-corrected chi connectivity index (χ4v) is 2.25. The zero-order valence-corrected chi connectivity index (χ0v) is 11.9. The monoisotopic (exact) mass is 252 g/mol. The second kappa shape index (κ2) is 5.83. The summed E-state index contributed by atoms with van der Waals surface area (Å²) < 4.78 is 0. The maximum absolute atomic E-state index is 12.1.